The highest BCUT2D eigenvalue weighted by Crippen LogP contribution is 2.32. The molecule has 4 heterocycles. The molecule has 2 atom stereocenters. The van der Waals surface area contributed by atoms with E-state index in [9.17, 15) is 0 Å². The Hall–Kier alpha value is -0.890. The van der Waals surface area contributed by atoms with Gasteiger partial charge in [0.05, 0.1) is 19.3 Å². The minimum atomic E-state index is 0.163. The van der Waals surface area contributed by atoms with Gasteiger partial charge in [0.25, 0.3) is 0 Å². The first-order valence-electron chi connectivity index (χ1n) is 11.4. The molecule has 0 saturated carbocycles. The molecule has 0 amide bonds. The topological polar surface area (TPSA) is 58.6 Å². The number of guanidine groups is 1. The molecule has 0 aromatic rings. The molecule has 0 bridgehead atoms. The van der Waals surface area contributed by atoms with Gasteiger partial charge in [0, 0.05) is 45.0 Å². The first-order valence-corrected chi connectivity index (χ1v) is 11.4. The van der Waals surface area contributed by atoms with E-state index in [1.807, 2.05) is 0 Å². The van der Waals surface area contributed by atoms with Crippen LogP contribution >= 0.6 is 0 Å². The summed E-state index contributed by atoms with van der Waals surface area (Å²) in [6.45, 7) is 11.4. The summed E-state index contributed by atoms with van der Waals surface area (Å²) in [5.41, 5.74) is 0.176. The normalized spacial score (nSPS) is 32.0. The minimum absolute atomic E-state index is 0.163. The van der Waals surface area contributed by atoms with Crippen LogP contribution in [0.15, 0.2) is 4.99 Å². The van der Waals surface area contributed by atoms with E-state index >= 15 is 0 Å². The Morgan fingerprint density at radius 1 is 1.00 bits per heavy atom. The third-order valence-electron chi connectivity index (χ3n) is 6.83. The lowest BCUT2D eigenvalue weighted by atomic mass is 9.88. The van der Waals surface area contributed by atoms with Crippen molar-refractivity contribution in [2.75, 3.05) is 65.7 Å². The standard InChI is InChI=1S/C21H38N4O3/c1-2-22-20(24-11-15-28-19(16-24)18-6-5-12-27-18)23-17-21(7-13-26-14-8-21)25-9-3-4-10-25/h18-19H,2-17H2,1H3,(H,22,23). The molecule has 4 fully saturated rings. The summed E-state index contributed by atoms with van der Waals surface area (Å²) in [6.07, 6.45) is 7.50. The molecule has 4 aliphatic rings. The third-order valence-corrected chi connectivity index (χ3v) is 6.83. The van der Waals surface area contributed by atoms with Crippen molar-refractivity contribution in [1.82, 2.24) is 15.1 Å². The van der Waals surface area contributed by atoms with Gasteiger partial charge < -0.3 is 24.4 Å². The van der Waals surface area contributed by atoms with Crippen LogP contribution < -0.4 is 5.32 Å². The fraction of sp³-hybridized carbons (Fsp3) is 0.952. The van der Waals surface area contributed by atoms with Crippen molar-refractivity contribution in [3.8, 4) is 0 Å². The molecule has 0 radical (unpaired) electrons. The zero-order valence-electron chi connectivity index (χ0n) is 17.5. The van der Waals surface area contributed by atoms with Crippen LogP contribution in [0.3, 0.4) is 0 Å². The molecule has 4 saturated heterocycles. The maximum atomic E-state index is 6.04. The summed E-state index contributed by atoms with van der Waals surface area (Å²) >= 11 is 0. The van der Waals surface area contributed by atoms with Crippen molar-refractivity contribution < 1.29 is 14.2 Å². The van der Waals surface area contributed by atoms with Crippen LogP contribution in [0.4, 0.5) is 0 Å². The van der Waals surface area contributed by atoms with Crippen LogP contribution in [-0.4, -0.2) is 99.2 Å². The van der Waals surface area contributed by atoms with Crippen molar-refractivity contribution in [3.63, 3.8) is 0 Å². The smallest absolute Gasteiger partial charge is 0.194 e. The van der Waals surface area contributed by atoms with E-state index in [0.29, 0.717) is 0 Å². The molecule has 28 heavy (non-hydrogen) atoms. The van der Waals surface area contributed by atoms with Gasteiger partial charge in [-0.15, -0.1) is 0 Å². The molecule has 4 aliphatic heterocycles. The molecule has 0 aromatic carbocycles. The molecule has 160 valence electrons. The molecule has 0 spiro atoms. The van der Waals surface area contributed by atoms with Gasteiger partial charge in [-0.2, -0.15) is 0 Å². The fourth-order valence-corrected chi connectivity index (χ4v) is 5.15. The van der Waals surface area contributed by atoms with E-state index in [1.165, 1.54) is 25.9 Å². The number of nitrogens with one attached hydrogen (secondary N) is 1. The van der Waals surface area contributed by atoms with Gasteiger partial charge in [0.2, 0.25) is 0 Å². The Bertz CT molecular complexity index is 512. The second kappa shape index (κ2) is 9.74. The SMILES string of the molecule is CCNC(=NCC1(N2CCCC2)CCOCC1)N1CCOC(C2CCCO2)C1. The zero-order valence-corrected chi connectivity index (χ0v) is 17.5. The van der Waals surface area contributed by atoms with Crippen molar-refractivity contribution in [1.29, 1.82) is 0 Å². The summed E-state index contributed by atoms with van der Waals surface area (Å²) in [6, 6.07) is 0. The van der Waals surface area contributed by atoms with E-state index in [-0.39, 0.29) is 17.7 Å². The van der Waals surface area contributed by atoms with Crippen molar-refractivity contribution in [2.45, 2.75) is 63.2 Å². The fourth-order valence-electron chi connectivity index (χ4n) is 5.15. The quantitative estimate of drug-likeness (QED) is 0.563. The molecule has 4 rings (SSSR count). The summed E-state index contributed by atoms with van der Waals surface area (Å²) < 4.78 is 17.6. The Balaban J connectivity index is 1.45. The van der Waals surface area contributed by atoms with Crippen molar-refractivity contribution in [2.24, 2.45) is 4.99 Å². The monoisotopic (exact) mass is 394 g/mol. The third kappa shape index (κ3) is 4.64. The highest BCUT2D eigenvalue weighted by atomic mass is 16.5. The van der Waals surface area contributed by atoms with Crippen LogP contribution in [0, 0.1) is 0 Å². The van der Waals surface area contributed by atoms with Gasteiger partial charge in [-0.3, -0.25) is 9.89 Å². The summed E-state index contributed by atoms with van der Waals surface area (Å²) in [5, 5.41) is 3.54. The molecule has 0 aliphatic carbocycles. The molecule has 7 nitrogen and oxygen atoms in total. The predicted octanol–water partition coefficient (Wildman–Crippen LogP) is 1.48. The number of rotatable bonds is 5. The van der Waals surface area contributed by atoms with Crippen LogP contribution in [0.5, 0.6) is 0 Å². The number of ether oxygens (including phenoxy) is 3. The summed E-state index contributed by atoms with van der Waals surface area (Å²) in [5.74, 6) is 1.04. The van der Waals surface area contributed by atoms with Gasteiger partial charge in [-0.1, -0.05) is 0 Å². The number of likely N-dealkylation sites (tertiary alicyclic amines) is 1. The molecule has 7 heteroatoms. The summed E-state index contributed by atoms with van der Waals surface area (Å²) in [7, 11) is 0. The number of morpholine rings is 1. The van der Waals surface area contributed by atoms with E-state index < -0.39 is 0 Å². The van der Waals surface area contributed by atoms with E-state index in [4.69, 9.17) is 19.2 Å². The van der Waals surface area contributed by atoms with E-state index in [2.05, 4.69) is 22.0 Å². The second-order valence-corrected chi connectivity index (χ2v) is 8.61. The van der Waals surface area contributed by atoms with Crippen molar-refractivity contribution in [3.05, 3.63) is 0 Å². The zero-order chi connectivity index (χ0) is 19.2. The van der Waals surface area contributed by atoms with Gasteiger partial charge in [-0.05, 0) is 58.5 Å². The highest BCUT2D eigenvalue weighted by Gasteiger charge is 2.40. The first-order chi connectivity index (χ1) is 13.8. The van der Waals surface area contributed by atoms with Crippen molar-refractivity contribution >= 4 is 5.96 Å². The molecular formula is C21H38N4O3. The largest absolute Gasteiger partial charge is 0.381 e. The van der Waals surface area contributed by atoms with Crippen LogP contribution in [0.2, 0.25) is 0 Å². The molecule has 1 N–H and O–H groups in total. The minimum Gasteiger partial charge on any atom is -0.381 e. The molecule has 2 unspecified atom stereocenters. The van der Waals surface area contributed by atoms with Gasteiger partial charge in [0.1, 0.15) is 6.10 Å². The van der Waals surface area contributed by atoms with Gasteiger partial charge in [0.15, 0.2) is 5.96 Å². The molecular weight excluding hydrogens is 356 g/mol. The first kappa shape index (κ1) is 20.4. The van der Waals surface area contributed by atoms with E-state index in [1.54, 1.807) is 0 Å². The summed E-state index contributed by atoms with van der Waals surface area (Å²) in [4.78, 5) is 10.3. The number of nitrogens with zero attached hydrogens (tertiary/aromatic N) is 3. The number of hydrogen-bond acceptors (Lipinski definition) is 5. The average molecular weight is 395 g/mol. The number of aliphatic imine (C=N–C) groups is 1. The predicted molar refractivity (Wildman–Crippen MR) is 110 cm³/mol. The number of hydrogen-bond donors (Lipinski definition) is 1. The lowest BCUT2D eigenvalue weighted by Crippen LogP contribution is -2.56. The Morgan fingerprint density at radius 2 is 1.79 bits per heavy atom. The van der Waals surface area contributed by atoms with Crippen LogP contribution in [0.1, 0.15) is 45.4 Å². The van der Waals surface area contributed by atoms with E-state index in [0.717, 1.165) is 84.2 Å². The maximum absolute atomic E-state index is 6.04. The Morgan fingerprint density at radius 3 is 2.50 bits per heavy atom. The Labute approximate surface area is 169 Å². The second-order valence-electron chi connectivity index (χ2n) is 8.61. The lowest BCUT2D eigenvalue weighted by molar-refractivity contribution is -0.0817. The van der Waals surface area contributed by atoms with Gasteiger partial charge in [-0.25, -0.2) is 0 Å². The molecule has 0 aromatic heterocycles. The van der Waals surface area contributed by atoms with Gasteiger partial charge >= 0.3 is 0 Å². The Kier molecular flexibility index (Phi) is 7.09. The highest BCUT2D eigenvalue weighted by molar-refractivity contribution is 5.80. The van der Waals surface area contributed by atoms with Crippen LogP contribution in [0.25, 0.3) is 0 Å². The lowest BCUT2D eigenvalue weighted by Gasteiger charge is -2.44. The maximum Gasteiger partial charge on any atom is 0.194 e. The average Bonchev–Trinajstić information content (AvgIpc) is 3.46. The van der Waals surface area contributed by atoms with Crippen LogP contribution in [-0.2, 0) is 14.2 Å².